The van der Waals surface area contributed by atoms with Crippen molar-refractivity contribution in [2.45, 2.75) is 18.7 Å². The predicted octanol–water partition coefficient (Wildman–Crippen LogP) is 1.44. The highest BCUT2D eigenvalue weighted by atomic mass is 35.7. The van der Waals surface area contributed by atoms with Crippen molar-refractivity contribution in [3.8, 4) is 0 Å². The summed E-state index contributed by atoms with van der Waals surface area (Å²) in [5.41, 5.74) is 0.653. The molecule has 0 bridgehead atoms. The van der Waals surface area contributed by atoms with Crippen LogP contribution in [0.5, 0.6) is 0 Å². The quantitative estimate of drug-likeness (QED) is 0.614. The van der Waals surface area contributed by atoms with E-state index in [2.05, 4.69) is 4.74 Å². The summed E-state index contributed by atoms with van der Waals surface area (Å²) in [5.74, 6) is 0. The largest absolute Gasteiger partial charge is 0.468 e. The van der Waals surface area contributed by atoms with Gasteiger partial charge in [0, 0.05) is 29.6 Å². The first kappa shape index (κ1) is 15.0. The van der Waals surface area contributed by atoms with Gasteiger partial charge in [-0.15, -0.1) is 0 Å². The number of rotatable bonds is 3. The lowest BCUT2D eigenvalue weighted by atomic mass is 10.5. The number of hydrogen-bond donors (Lipinski definition) is 0. The molecule has 92 valence electrons. The van der Waals surface area contributed by atoms with Gasteiger partial charge >= 0.3 is 0 Å². The van der Waals surface area contributed by atoms with Crippen molar-refractivity contribution in [2.75, 3.05) is 6.61 Å². The van der Waals surface area contributed by atoms with Gasteiger partial charge in [-0.05, 0) is 19.9 Å². The molecule has 0 N–H and O–H groups in total. The Bertz CT molecular complexity index is 438. The molecule has 0 atom stereocenters. The minimum absolute atomic E-state index is 0.182. The molecule has 0 radical (unpaired) electrons. The van der Waals surface area contributed by atoms with Crippen molar-refractivity contribution in [2.24, 2.45) is 7.05 Å². The van der Waals surface area contributed by atoms with Gasteiger partial charge in [0.05, 0.1) is 6.61 Å². The fourth-order valence-corrected chi connectivity index (χ4v) is 2.12. The molecule has 0 aromatic carbocycles. The average Bonchev–Trinajstić information content (AvgIpc) is 2.49. The number of halogens is 1. The Morgan fingerprint density at radius 1 is 1.56 bits per heavy atom. The summed E-state index contributed by atoms with van der Waals surface area (Å²) >= 11 is 0. The summed E-state index contributed by atoms with van der Waals surface area (Å²) < 4.78 is 27.5. The Morgan fingerprint density at radius 2 is 2.12 bits per heavy atom. The van der Waals surface area contributed by atoms with E-state index in [1.165, 1.54) is 6.07 Å². The molecule has 0 spiro atoms. The number of aryl methyl sites for hydroxylation is 1. The van der Waals surface area contributed by atoms with E-state index in [4.69, 9.17) is 10.7 Å². The topological polar surface area (TPSA) is 65.4 Å². The lowest BCUT2D eigenvalue weighted by molar-refractivity contribution is -0.128. The Kier molecular flexibility index (Phi) is 6.13. The molecule has 7 heteroatoms. The second-order valence-corrected chi connectivity index (χ2v) is 5.40. The minimum Gasteiger partial charge on any atom is -0.468 e. The van der Waals surface area contributed by atoms with Gasteiger partial charge in [-0.1, -0.05) is 0 Å². The minimum atomic E-state index is -3.56. The molecule has 16 heavy (non-hydrogen) atoms. The standard InChI is InChI=1S/C6H8ClNO2S.C3H6O2/c1-5-6(11(7,9)10)3-4-8(5)2;1-2-5-3-4/h3-4H,1-2H3;3H,2H2,1H3. The number of ether oxygens (including phenoxy) is 1. The van der Waals surface area contributed by atoms with Crippen LogP contribution in [0.25, 0.3) is 0 Å². The number of carbonyl (C=O) groups excluding carboxylic acids is 1. The molecule has 0 amide bonds. The zero-order chi connectivity index (χ0) is 12.8. The first-order valence-corrected chi connectivity index (χ1v) is 6.77. The molecule has 0 aliphatic heterocycles. The second-order valence-electron chi connectivity index (χ2n) is 2.87. The molecule has 0 aliphatic carbocycles. The van der Waals surface area contributed by atoms with Crippen LogP contribution >= 0.6 is 10.7 Å². The Labute approximate surface area is 99.4 Å². The second kappa shape index (κ2) is 6.55. The third-order valence-corrected chi connectivity index (χ3v) is 3.29. The Hall–Kier alpha value is -1.01. The fraction of sp³-hybridized carbons (Fsp3) is 0.444. The van der Waals surface area contributed by atoms with Crippen LogP contribution < -0.4 is 0 Å². The van der Waals surface area contributed by atoms with Gasteiger partial charge in [-0.2, -0.15) is 0 Å². The van der Waals surface area contributed by atoms with Gasteiger partial charge in [0.15, 0.2) is 0 Å². The van der Waals surface area contributed by atoms with Crippen LogP contribution in [0.1, 0.15) is 12.6 Å². The van der Waals surface area contributed by atoms with Crippen molar-refractivity contribution >= 4 is 26.2 Å². The number of carbonyl (C=O) groups is 1. The molecule has 0 fully saturated rings. The van der Waals surface area contributed by atoms with Crippen molar-refractivity contribution in [3.05, 3.63) is 18.0 Å². The summed E-state index contributed by atoms with van der Waals surface area (Å²) in [6, 6.07) is 1.48. The van der Waals surface area contributed by atoms with Crippen LogP contribution in [0.4, 0.5) is 0 Å². The molecule has 1 aromatic heterocycles. The number of nitrogens with zero attached hydrogens (tertiary/aromatic N) is 1. The third-order valence-electron chi connectivity index (χ3n) is 1.83. The molecule has 0 aliphatic rings. The maximum absolute atomic E-state index is 10.8. The highest BCUT2D eigenvalue weighted by Crippen LogP contribution is 2.19. The van der Waals surface area contributed by atoms with Crippen LogP contribution in [-0.2, 0) is 25.6 Å². The van der Waals surface area contributed by atoms with E-state index in [1.54, 1.807) is 31.7 Å². The highest BCUT2D eigenvalue weighted by molar-refractivity contribution is 8.13. The van der Waals surface area contributed by atoms with E-state index in [9.17, 15) is 13.2 Å². The molecule has 1 aromatic rings. The molecule has 5 nitrogen and oxygen atoms in total. The van der Waals surface area contributed by atoms with Crippen molar-refractivity contribution in [1.29, 1.82) is 0 Å². The maximum Gasteiger partial charge on any atom is 0.293 e. The fourth-order valence-electron chi connectivity index (χ4n) is 0.911. The van der Waals surface area contributed by atoms with E-state index >= 15 is 0 Å². The lowest BCUT2D eigenvalue weighted by Gasteiger charge is -1.96. The molecule has 0 unspecified atom stereocenters. The van der Waals surface area contributed by atoms with Gasteiger partial charge in [-0.25, -0.2) is 8.42 Å². The van der Waals surface area contributed by atoms with Gasteiger partial charge in [0.2, 0.25) is 0 Å². The van der Waals surface area contributed by atoms with E-state index in [1.807, 2.05) is 0 Å². The SMILES string of the molecule is CCOC=O.Cc1c(S(=O)(=O)Cl)ccn1C. The van der Waals surface area contributed by atoms with Crippen LogP contribution in [-0.4, -0.2) is 26.1 Å². The zero-order valence-corrected chi connectivity index (χ0v) is 10.9. The van der Waals surface area contributed by atoms with Gasteiger partial charge in [0.25, 0.3) is 15.5 Å². The summed E-state index contributed by atoms with van der Waals surface area (Å²) in [6.45, 7) is 4.37. The first-order valence-electron chi connectivity index (χ1n) is 4.46. The predicted molar refractivity (Wildman–Crippen MR) is 60.9 cm³/mol. The van der Waals surface area contributed by atoms with Crippen molar-refractivity contribution in [1.82, 2.24) is 4.57 Å². The lowest BCUT2D eigenvalue weighted by Crippen LogP contribution is -1.94. The number of hydrogen-bond acceptors (Lipinski definition) is 4. The summed E-state index contributed by atoms with van der Waals surface area (Å²) in [6.07, 6.45) is 1.66. The molecule has 1 rings (SSSR count). The monoisotopic (exact) mass is 267 g/mol. The molecule has 0 saturated heterocycles. The zero-order valence-electron chi connectivity index (χ0n) is 9.31. The van der Waals surface area contributed by atoms with Gasteiger partial charge < -0.3 is 9.30 Å². The highest BCUT2D eigenvalue weighted by Gasteiger charge is 2.14. The Morgan fingerprint density at radius 3 is 2.25 bits per heavy atom. The van der Waals surface area contributed by atoms with E-state index in [-0.39, 0.29) is 4.90 Å². The smallest absolute Gasteiger partial charge is 0.293 e. The van der Waals surface area contributed by atoms with Gasteiger partial charge in [-0.3, -0.25) is 4.79 Å². The van der Waals surface area contributed by atoms with Gasteiger partial charge in [0.1, 0.15) is 4.90 Å². The van der Waals surface area contributed by atoms with Crippen LogP contribution in [0, 0.1) is 6.92 Å². The molecular weight excluding hydrogens is 254 g/mol. The summed E-state index contributed by atoms with van der Waals surface area (Å²) in [7, 11) is 3.34. The summed E-state index contributed by atoms with van der Waals surface area (Å²) in [4.78, 5) is 9.36. The van der Waals surface area contributed by atoms with E-state index in [0.717, 1.165) is 0 Å². The van der Waals surface area contributed by atoms with Crippen molar-refractivity contribution < 1.29 is 17.9 Å². The van der Waals surface area contributed by atoms with Crippen molar-refractivity contribution in [3.63, 3.8) is 0 Å². The molecular formula is C9H14ClNO4S. The van der Waals surface area contributed by atoms with Crippen LogP contribution in [0.15, 0.2) is 17.2 Å². The molecule has 0 saturated carbocycles. The van der Waals surface area contributed by atoms with Crippen LogP contribution in [0.2, 0.25) is 0 Å². The first-order chi connectivity index (χ1) is 7.34. The molecule has 1 heterocycles. The average molecular weight is 268 g/mol. The maximum atomic E-state index is 10.8. The Balaban J connectivity index is 0.000000385. The number of aromatic nitrogens is 1. The van der Waals surface area contributed by atoms with E-state index in [0.29, 0.717) is 18.8 Å². The normalized spacial score (nSPS) is 10.2. The van der Waals surface area contributed by atoms with E-state index < -0.39 is 9.05 Å². The summed E-state index contributed by atoms with van der Waals surface area (Å²) in [5, 5.41) is 0. The van der Waals surface area contributed by atoms with Crippen LogP contribution in [0.3, 0.4) is 0 Å². The third kappa shape index (κ3) is 4.67.